The first kappa shape index (κ1) is 13.4. The molecule has 2 aliphatic rings. The number of anilines is 1. The first-order valence-corrected chi connectivity index (χ1v) is 7.38. The summed E-state index contributed by atoms with van der Waals surface area (Å²) in [5, 5.41) is 0.574. The van der Waals surface area contributed by atoms with Crippen molar-refractivity contribution in [2.24, 2.45) is 0 Å². The molecule has 2 saturated heterocycles. The predicted molar refractivity (Wildman–Crippen MR) is 78.0 cm³/mol. The van der Waals surface area contributed by atoms with Crippen molar-refractivity contribution in [2.75, 3.05) is 11.4 Å². The number of halogens is 1. The molecule has 2 heterocycles. The summed E-state index contributed by atoms with van der Waals surface area (Å²) >= 11 is 6.10. The lowest BCUT2D eigenvalue weighted by atomic mass is 10.1. The Bertz CT molecular complexity index is 549. The second-order valence-electron chi connectivity index (χ2n) is 5.45. The molecule has 1 unspecified atom stereocenters. The number of benzene rings is 1. The van der Waals surface area contributed by atoms with Crippen LogP contribution >= 0.6 is 11.6 Å². The van der Waals surface area contributed by atoms with Crippen molar-refractivity contribution in [1.82, 2.24) is 4.90 Å². The molecule has 106 valence electrons. The van der Waals surface area contributed by atoms with Gasteiger partial charge >= 0.3 is 6.03 Å². The SMILES string of the molecule is Cc1ccc(N2C(=O)C3CCCCCN3C2=O)cc1Cl. The van der Waals surface area contributed by atoms with Crippen LogP contribution in [0.1, 0.15) is 31.2 Å². The predicted octanol–water partition coefficient (Wildman–Crippen LogP) is 3.36. The first-order chi connectivity index (χ1) is 9.59. The lowest BCUT2D eigenvalue weighted by molar-refractivity contribution is -0.119. The van der Waals surface area contributed by atoms with Gasteiger partial charge in [0, 0.05) is 11.6 Å². The minimum atomic E-state index is -0.287. The number of carbonyl (C=O) groups excluding carboxylic acids is 2. The van der Waals surface area contributed by atoms with Crippen LogP contribution in [0.5, 0.6) is 0 Å². The molecule has 2 fully saturated rings. The second-order valence-corrected chi connectivity index (χ2v) is 5.86. The van der Waals surface area contributed by atoms with Crippen molar-refractivity contribution in [1.29, 1.82) is 0 Å². The number of carbonyl (C=O) groups is 2. The average Bonchev–Trinajstić information content (AvgIpc) is 2.62. The number of hydrogen-bond donors (Lipinski definition) is 0. The molecule has 0 N–H and O–H groups in total. The Balaban J connectivity index is 1.95. The fourth-order valence-electron chi connectivity index (χ4n) is 2.92. The summed E-state index contributed by atoms with van der Waals surface area (Å²) in [6, 6.07) is 4.82. The molecule has 2 aliphatic heterocycles. The minimum Gasteiger partial charge on any atom is -0.312 e. The number of amides is 3. The van der Waals surface area contributed by atoms with E-state index < -0.39 is 0 Å². The number of urea groups is 1. The van der Waals surface area contributed by atoms with E-state index in [0.717, 1.165) is 31.2 Å². The van der Waals surface area contributed by atoms with E-state index in [4.69, 9.17) is 11.6 Å². The lowest BCUT2D eigenvalue weighted by Gasteiger charge is -2.18. The largest absolute Gasteiger partial charge is 0.332 e. The summed E-state index contributed by atoms with van der Waals surface area (Å²) in [5.74, 6) is -0.114. The van der Waals surface area contributed by atoms with E-state index in [1.807, 2.05) is 13.0 Å². The van der Waals surface area contributed by atoms with Crippen LogP contribution in [0.15, 0.2) is 18.2 Å². The second kappa shape index (κ2) is 5.09. The van der Waals surface area contributed by atoms with Crippen LogP contribution < -0.4 is 4.90 Å². The smallest absolute Gasteiger partial charge is 0.312 e. The maximum atomic E-state index is 12.5. The monoisotopic (exact) mass is 292 g/mol. The van der Waals surface area contributed by atoms with Crippen LogP contribution in [-0.2, 0) is 4.79 Å². The number of nitrogens with zero attached hydrogens (tertiary/aromatic N) is 2. The van der Waals surface area contributed by atoms with E-state index in [1.54, 1.807) is 17.0 Å². The van der Waals surface area contributed by atoms with Gasteiger partial charge in [0.25, 0.3) is 5.91 Å². The van der Waals surface area contributed by atoms with E-state index in [1.165, 1.54) is 4.90 Å². The number of rotatable bonds is 1. The van der Waals surface area contributed by atoms with Gasteiger partial charge in [0.15, 0.2) is 0 Å². The highest BCUT2D eigenvalue weighted by molar-refractivity contribution is 6.32. The third-order valence-electron chi connectivity index (χ3n) is 4.11. The topological polar surface area (TPSA) is 40.6 Å². The third-order valence-corrected chi connectivity index (χ3v) is 4.52. The Morgan fingerprint density at radius 2 is 2.00 bits per heavy atom. The maximum absolute atomic E-state index is 12.5. The summed E-state index contributed by atoms with van der Waals surface area (Å²) in [6.45, 7) is 2.57. The molecule has 0 bridgehead atoms. The number of fused-ring (bicyclic) bond motifs is 1. The summed E-state index contributed by atoms with van der Waals surface area (Å²) in [6.07, 6.45) is 3.82. The van der Waals surface area contributed by atoms with Gasteiger partial charge in [0.2, 0.25) is 0 Å². The normalized spacial score (nSPS) is 23.0. The zero-order valence-electron chi connectivity index (χ0n) is 11.4. The van der Waals surface area contributed by atoms with Gasteiger partial charge in [-0.05, 0) is 37.5 Å². The molecule has 1 aromatic rings. The number of aryl methyl sites for hydroxylation is 1. The van der Waals surface area contributed by atoms with Crippen molar-refractivity contribution in [3.05, 3.63) is 28.8 Å². The third kappa shape index (κ3) is 2.08. The highest BCUT2D eigenvalue weighted by Crippen LogP contribution is 2.32. The van der Waals surface area contributed by atoms with E-state index in [2.05, 4.69) is 0 Å². The Morgan fingerprint density at radius 1 is 1.20 bits per heavy atom. The van der Waals surface area contributed by atoms with Crippen LogP contribution in [0.3, 0.4) is 0 Å². The number of hydrogen-bond acceptors (Lipinski definition) is 2. The summed E-state index contributed by atoms with van der Waals surface area (Å²) in [7, 11) is 0. The van der Waals surface area contributed by atoms with Crippen LogP contribution in [0.2, 0.25) is 5.02 Å². The summed E-state index contributed by atoms with van der Waals surface area (Å²) < 4.78 is 0. The highest BCUT2D eigenvalue weighted by atomic mass is 35.5. The summed E-state index contributed by atoms with van der Waals surface area (Å²) in [5.41, 5.74) is 1.51. The minimum absolute atomic E-state index is 0.114. The molecular weight excluding hydrogens is 276 g/mol. The van der Waals surface area contributed by atoms with Gasteiger partial charge in [-0.15, -0.1) is 0 Å². The van der Waals surface area contributed by atoms with Gasteiger partial charge in [-0.2, -0.15) is 0 Å². The Labute approximate surface area is 123 Å². The van der Waals surface area contributed by atoms with Crippen LogP contribution in [-0.4, -0.2) is 29.4 Å². The van der Waals surface area contributed by atoms with Crippen molar-refractivity contribution >= 4 is 29.2 Å². The Morgan fingerprint density at radius 3 is 2.75 bits per heavy atom. The van der Waals surface area contributed by atoms with E-state index in [-0.39, 0.29) is 18.0 Å². The molecule has 5 heteroatoms. The molecule has 0 aliphatic carbocycles. The maximum Gasteiger partial charge on any atom is 0.332 e. The molecule has 1 atom stereocenters. The first-order valence-electron chi connectivity index (χ1n) is 7.00. The quantitative estimate of drug-likeness (QED) is 0.745. The standard InChI is InChI=1S/C15H17ClN2O2/c1-10-6-7-11(9-12(10)16)18-14(19)13-5-3-2-4-8-17(13)15(18)20/h6-7,9,13H,2-5,8H2,1H3. The van der Waals surface area contributed by atoms with Gasteiger partial charge in [0.05, 0.1) is 5.69 Å². The molecule has 0 saturated carbocycles. The van der Waals surface area contributed by atoms with Crippen LogP contribution in [0.4, 0.5) is 10.5 Å². The molecule has 0 aromatic heterocycles. The molecule has 1 aromatic carbocycles. The molecule has 0 radical (unpaired) electrons. The molecule has 3 amide bonds. The molecule has 0 spiro atoms. The highest BCUT2D eigenvalue weighted by Gasteiger charge is 2.45. The summed E-state index contributed by atoms with van der Waals surface area (Å²) in [4.78, 5) is 28.0. The molecular formula is C15H17ClN2O2. The average molecular weight is 293 g/mol. The Kier molecular flexibility index (Phi) is 3.42. The zero-order valence-corrected chi connectivity index (χ0v) is 12.2. The molecule has 20 heavy (non-hydrogen) atoms. The van der Waals surface area contributed by atoms with Crippen molar-refractivity contribution in [3.63, 3.8) is 0 Å². The van der Waals surface area contributed by atoms with E-state index in [9.17, 15) is 9.59 Å². The van der Waals surface area contributed by atoms with Crippen molar-refractivity contribution < 1.29 is 9.59 Å². The van der Waals surface area contributed by atoms with E-state index in [0.29, 0.717) is 17.3 Å². The van der Waals surface area contributed by atoms with Gasteiger partial charge in [0.1, 0.15) is 6.04 Å². The van der Waals surface area contributed by atoms with Gasteiger partial charge in [-0.3, -0.25) is 4.79 Å². The van der Waals surface area contributed by atoms with Crippen molar-refractivity contribution in [2.45, 2.75) is 38.6 Å². The van der Waals surface area contributed by atoms with Gasteiger partial charge < -0.3 is 4.90 Å². The van der Waals surface area contributed by atoms with E-state index >= 15 is 0 Å². The zero-order chi connectivity index (χ0) is 14.3. The lowest BCUT2D eigenvalue weighted by Crippen LogP contribution is -2.34. The fraction of sp³-hybridized carbons (Fsp3) is 0.467. The van der Waals surface area contributed by atoms with Gasteiger partial charge in [-0.25, -0.2) is 9.69 Å². The number of imide groups is 1. The van der Waals surface area contributed by atoms with Crippen LogP contribution in [0, 0.1) is 6.92 Å². The fourth-order valence-corrected chi connectivity index (χ4v) is 3.10. The molecule has 4 nitrogen and oxygen atoms in total. The molecule has 3 rings (SSSR count). The van der Waals surface area contributed by atoms with Gasteiger partial charge in [-0.1, -0.05) is 30.5 Å². The Hall–Kier alpha value is -1.55. The van der Waals surface area contributed by atoms with Crippen molar-refractivity contribution in [3.8, 4) is 0 Å². The van der Waals surface area contributed by atoms with Crippen LogP contribution in [0.25, 0.3) is 0 Å².